The molecule has 0 aliphatic rings. The van der Waals surface area contributed by atoms with Gasteiger partial charge in [0, 0.05) is 17.9 Å². The maximum atomic E-state index is 12.1. The minimum absolute atomic E-state index is 0.0563. The quantitative estimate of drug-likeness (QED) is 0.193. The van der Waals surface area contributed by atoms with Crippen molar-refractivity contribution in [2.45, 2.75) is 39.5 Å². The molecule has 0 aliphatic heterocycles. The Labute approximate surface area is 215 Å². The number of phenolic OH excluding ortho intramolecular Hbond substituents is 2. The number of nitro groups is 1. The Balaban J connectivity index is 0.000000198. The zero-order valence-electron chi connectivity index (χ0n) is 19.1. The van der Waals surface area contributed by atoms with Crippen LogP contribution < -0.4 is 10.9 Å². The highest BCUT2D eigenvalue weighted by Crippen LogP contribution is 2.36. The maximum absolute atomic E-state index is 12.1. The van der Waals surface area contributed by atoms with Crippen molar-refractivity contribution in [3.05, 3.63) is 81.4 Å². The summed E-state index contributed by atoms with van der Waals surface area (Å²) in [4.78, 5) is 34.3. The van der Waals surface area contributed by atoms with Gasteiger partial charge in [-0.2, -0.15) is 0 Å². The Hall–Kier alpha value is -3.18. The van der Waals surface area contributed by atoms with E-state index in [-0.39, 0.29) is 38.5 Å². The topological polar surface area (TPSA) is 144 Å². The summed E-state index contributed by atoms with van der Waals surface area (Å²) in [5, 5.41) is 30.4. The third kappa shape index (κ3) is 5.10. The van der Waals surface area contributed by atoms with E-state index in [1.807, 2.05) is 13.8 Å². The van der Waals surface area contributed by atoms with Crippen LogP contribution in [0.1, 0.15) is 51.1 Å². The first-order valence-corrected chi connectivity index (χ1v) is 12.0. The van der Waals surface area contributed by atoms with Gasteiger partial charge in [0.05, 0.1) is 15.7 Å². The standard InChI is InChI=1S/C12H10BrNO5.C12H11BrO3/c1-5(2)11-8(13)10(16)6-3-4-7(15)9(14(17)18)12(6)19-11;1-6(2)12-10(13)11(15)8-4-3-7(14)5-9(8)16-12/h3-5,15H,1-2H3;3-6,14H,1-2H3. The van der Waals surface area contributed by atoms with Gasteiger partial charge in [-0.05, 0) is 56.1 Å². The van der Waals surface area contributed by atoms with Crippen molar-refractivity contribution < 1.29 is 24.0 Å². The summed E-state index contributed by atoms with van der Waals surface area (Å²) < 4.78 is 11.8. The highest BCUT2D eigenvalue weighted by atomic mass is 79.9. The third-order valence-corrected chi connectivity index (χ3v) is 6.56. The van der Waals surface area contributed by atoms with E-state index in [0.717, 1.165) is 6.07 Å². The zero-order chi connectivity index (χ0) is 26.2. The number of fused-ring (bicyclic) bond motifs is 2. The molecular weight excluding hydrogens is 590 g/mol. The van der Waals surface area contributed by atoms with Gasteiger partial charge in [0.15, 0.2) is 5.75 Å². The highest BCUT2D eigenvalue weighted by Gasteiger charge is 2.25. The molecule has 0 radical (unpaired) electrons. The van der Waals surface area contributed by atoms with Gasteiger partial charge in [0.2, 0.25) is 16.4 Å². The number of nitrogens with zero attached hydrogens (tertiary/aromatic N) is 1. The summed E-state index contributed by atoms with van der Waals surface area (Å²) in [7, 11) is 0. The lowest BCUT2D eigenvalue weighted by atomic mass is 10.1. The van der Waals surface area contributed by atoms with E-state index in [9.17, 15) is 29.9 Å². The molecule has 0 saturated heterocycles. The first-order valence-electron chi connectivity index (χ1n) is 10.4. The second kappa shape index (κ2) is 10.2. The summed E-state index contributed by atoms with van der Waals surface area (Å²) in [6.07, 6.45) is 0. The monoisotopic (exact) mass is 609 g/mol. The van der Waals surface area contributed by atoms with Crippen molar-refractivity contribution in [1.29, 1.82) is 0 Å². The highest BCUT2D eigenvalue weighted by molar-refractivity contribution is 9.10. The summed E-state index contributed by atoms with van der Waals surface area (Å²) in [6, 6.07) is 6.90. The van der Waals surface area contributed by atoms with Gasteiger partial charge in [-0.15, -0.1) is 0 Å². The molecule has 0 spiro atoms. The Morgan fingerprint density at radius 2 is 1.37 bits per heavy atom. The number of aromatic hydroxyl groups is 2. The lowest BCUT2D eigenvalue weighted by molar-refractivity contribution is -0.384. The van der Waals surface area contributed by atoms with E-state index in [0.29, 0.717) is 27.0 Å². The number of rotatable bonds is 3. The van der Waals surface area contributed by atoms with Gasteiger partial charge in [-0.3, -0.25) is 19.7 Å². The van der Waals surface area contributed by atoms with Crippen LogP contribution in [0.4, 0.5) is 5.69 Å². The predicted octanol–water partition coefficient (Wildman–Crippen LogP) is 6.68. The number of hydrogen-bond donors (Lipinski definition) is 2. The number of halogens is 2. The summed E-state index contributed by atoms with van der Waals surface area (Å²) in [5.74, 6) is 0.446. The first-order chi connectivity index (χ1) is 16.3. The smallest absolute Gasteiger partial charge is 0.353 e. The predicted molar refractivity (Wildman–Crippen MR) is 139 cm³/mol. The van der Waals surface area contributed by atoms with Gasteiger partial charge in [-0.25, -0.2) is 0 Å². The molecule has 4 aromatic rings. The average Bonchev–Trinajstić information content (AvgIpc) is 2.78. The van der Waals surface area contributed by atoms with E-state index < -0.39 is 21.8 Å². The fraction of sp³-hybridized carbons (Fsp3) is 0.250. The molecule has 35 heavy (non-hydrogen) atoms. The van der Waals surface area contributed by atoms with Crippen LogP contribution in [0.3, 0.4) is 0 Å². The summed E-state index contributed by atoms with van der Waals surface area (Å²) in [6.45, 7) is 7.47. The normalized spacial score (nSPS) is 11.2. The van der Waals surface area contributed by atoms with Gasteiger partial charge in [0.1, 0.15) is 31.8 Å². The molecule has 0 bridgehead atoms. The fourth-order valence-electron chi connectivity index (χ4n) is 3.32. The molecule has 0 aliphatic carbocycles. The molecule has 2 heterocycles. The fourth-order valence-corrected chi connectivity index (χ4v) is 4.83. The zero-order valence-corrected chi connectivity index (χ0v) is 22.3. The second-order valence-corrected chi connectivity index (χ2v) is 9.86. The molecule has 2 aromatic heterocycles. The molecule has 4 rings (SSSR count). The molecule has 0 unspecified atom stereocenters. The largest absolute Gasteiger partial charge is 0.508 e. The van der Waals surface area contributed by atoms with Crippen LogP contribution in [0.25, 0.3) is 21.9 Å². The Morgan fingerprint density at radius 3 is 1.91 bits per heavy atom. The van der Waals surface area contributed by atoms with Crippen LogP contribution in [-0.4, -0.2) is 15.1 Å². The van der Waals surface area contributed by atoms with Crippen LogP contribution in [0.2, 0.25) is 0 Å². The van der Waals surface area contributed by atoms with Gasteiger partial charge >= 0.3 is 5.69 Å². The van der Waals surface area contributed by atoms with Crippen LogP contribution in [0, 0.1) is 10.1 Å². The maximum Gasteiger partial charge on any atom is 0.353 e. The molecular formula is C24H21Br2NO8. The van der Waals surface area contributed by atoms with Crippen molar-refractivity contribution in [3.63, 3.8) is 0 Å². The molecule has 2 aromatic carbocycles. The minimum Gasteiger partial charge on any atom is -0.508 e. The lowest BCUT2D eigenvalue weighted by Gasteiger charge is -2.09. The van der Waals surface area contributed by atoms with Crippen LogP contribution in [-0.2, 0) is 0 Å². The number of benzene rings is 2. The summed E-state index contributed by atoms with van der Waals surface area (Å²) in [5.41, 5.74) is -0.888. The third-order valence-electron chi connectivity index (χ3n) is 5.06. The average molecular weight is 611 g/mol. The SMILES string of the molecule is CC(C)c1oc2c([N+](=O)[O-])c(O)ccc2c(=O)c1Br.CC(C)c1oc2cc(O)ccc2c(=O)c1Br. The molecule has 0 fully saturated rings. The Morgan fingerprint density at radius 1 is 0.857 bits per heavy atom. The number of phenols is 2. The molecule has 0 atom stereocenters. The number of hydrogen-bond acceptors (Lipinski definition) is 8. The summed E-state index contributed by atoms with van der Waals surface area (Å²) >= 11 is 6.40. The van der Waals surface area contributed by atoms with E-state index >= 15 is 0 Å². The van der Waals surface area contributed by atoms with E-state index in [4.69, 9.17) is 8.83 Å². The van der Waals surface area contributed by atoms with E-state index in [2.05, 4.69) is 31.9 Å². The van der Waals surface area contributed by atoms with Crippen molar-refractivity contribution in [2.75, 3.05) is 0 Å². The van der Waals surface area contributed by atoms with Crippen LogP contribution in [0.5, 0.6) is 11.5 Å². The minimum atomic E-state index is -0.765. The molecule has 184 valence electrons. The lowest BCUT2D eigenvalue weighted by Crippen LogP contribution is -2.08. The molecule has 2 N–H and O–H groups in total. The first kappa shape index (κ1) is 26.4. The van der Waals surface area contributed by atoms with Crippen LogP contribution in [0.15, 0.2) is 57.7 Å². The van der Waals surface area contributed by atoms with Crippen molar-refractivity contribution in [3.8, 4) is 11.5 Å². The Kier molecular flexibility index (Phi) is 7.71. The van der Waals surface area contributed by atoms with Gasteiger partial charge in [-0.1, -0.05) is 27.7 Å². The van der Waals surface area contributed by atoms with Crippen molar-refractivity contribution in [2.24, 2.45) is 0 Å². The van der Waals surface area contributed by atoms with Crippen LogP contribution >= 0.6 is 31.9 Å². The van der Waals surface area contributed by atoms with E-state index in [1.54, 1.807) is 19.9 Å². The van der Waals surface area contributed by atoms with E-state index in [1.165, 1.54) is 18.2 Å². The molecule has 9 nitrogen and oxygen atoms in total. The second-order valence-electron chi connectivity index (χ2n) is 8.28. The number of nitro benzene ring substituents is 1. The van der Waals surface area contributed by atoms with Gasteiger partial charge < -0.3 is 19.0 Å². The van der Waals surface area contributed by atoms with Crippen molar-refractivity contribution >= 4 is 59.5 Å². The molecule has 0 saturated carbocycles. The van der Waals surface area contributed by atoms with Gasteiger partial charge in [0.25, 0.3) is 0 Å². The molecule has 11 heteroatoms. The Bertz CT molecular complexity index is 1570. The van der Waals surface area contributed by atoms with Crippen molar-refractivity contribution in [1.82, 2.24) is 0 Å². The molecule has 0 amide bonds.